The lowest BCUT2D eigenvalue weighted by Crippen LogP contribution is -2.51. The molecular weight excluding hydrogens is 460 g/mol. The zero-order chi connectivity index (χ0) is 24.4. The highest BCUT2D eigenvalue weighted by Gasteiger charge is 2.36. The van der Waals surface area contributed by atoms with Gasteiger partial charge in [-0.15, -0.1) is 0 Å². The number of para-hydroxylation sites is 1. The third-order valence-corrected chi connectivity index (χ3v) is 8.81. The van der Waals surface area contributed by atoms with Crippen LogP contribution in [-0.2, 0) is 14.8 Å². The van der Waals surface area contributed by atoms with Crippen molar-refractivity contribution in [3.8, 4) is 0 Å². The highest BCUT2D eigenvalue weighted by molar-refractivity contribution is 7.89. The Morgan fingerprint density at radius 1 is 0.971 bits per heavy atom. The Balaban J connectivity index is 1.22. The summed E-state index contributed by atoms with van der Waals surface area (Å²) < 4.78 is 28.9. The van der Waals surface area contributed by atoms with Crippen molar-refractivity contribution in [2.45, 2.75) is 42.7 Å². The van der Waals surface area contributed by atoms with Crippen molar-refractivity contribution in [1.82, 2.24) is 19.5 Å². The number of nitrogens with one attached hydrogen (secondary N) is 1. The smallest absolute Gasteiger partial charge is 0.242 e. The van der Waals surface area contributed by atoms with E-state index in [0.29, 0.717) is 25.7 Å². The number of likely N-dealkylation sites (N-methyl/N-ethyl adjacent to an activating group) is 1. The molecule has 7 nitrogen and oxygen atoms in total. The average Bonchev–Trinajstić information content (AvgIpc) is 2.89. The highest BCUT2D eigenvalue weighted by atomic mass is 32.2. The van der Waals surface area contributed by atoms with Crippen LogP contribution in [0.1, 0.15) is 37.3 Å². The Labute approximate surface area is 207 Å². The first-order chi connectivity index (χ1) is 16.9. The van der Waals surface area contributed by atoms with E-state index in [9.17, 15) is 13.2 Å². The SMILES string of the molecule is CN1CCN(C(=O)C2CCC(NS(=O)(=O)c3cnc4ccccc4c3)CC2)C(c2ccccc2)C1. The molecule has 0 spiro atoms. The monoisotopic (exact) mass is 492 g/mol. The highest BCUT2D eigenvalue weighted by Crippen LogP contribution is 2.32. The van der Waals surface area contributed by atoms with Crippen LogP contribution < -0.4 is 4.72 Å². The molecule has 5 rings (SSSR count). The number of rotatable bonds is 5. The summed E-state index contributed by atoms with van der Waals surface area (Å²) in [7, 11) is -1.58. The number of pyridine rings is 1. The van der Waals surface area contributed by atoms with Crippen LogP contribution in [0.5, 0.6) is 0 Å². The summed E-state index contributed by atoms with van der Waals surface area (Å²) in [6, 6.07) is 19.3. The van der Waals surface area contributed by atoms with Crippen LogP contribution in [0, 0.1) is 5.92 Å². The first-order valence-electron chi connectivity index (χ1n) is 12.3. The molecule has 1 atom stereocenters. The fraction of sp³-hybridized carbons (Fsp3) is 0.407. The van der Waals surface area contributed by atoms with Gasteiger partial charge >= 0.3 is 0 Å². The van der Waals surface area contributed by atoms with Gasteiger partial charge in [-0.1, -0.05) is 48.5 Å². The zero-order valence-electron chi connectivity index (χ0n) is 20.0. The standard InChI is InChI=1S/C27H32N4O3S/c1-30-15-16-31(26(19-30)20-7-3-2-4-8-20)27(32)21-11-13-23(14-12-21)29-35(33,34)24-17-22-9-5-6-10-25(22)28-18-24/h2-10,17-18,21,23,26,29H,11-16,19H2,1H3. The number of nitrogens with zero attached hydrogens (tertiary/aromatic N) is 3. The molecule has 1 aliphatic heterocycles. The number of sulfonamides is 1. The Bertz CT molecular complexity index is 1290. The van der Waals surface area contributed by atoms with Gasteiger partial charge in [0.05, 0.1) is 11.6 Å². The summed E-state index contributed by atoms with van der Waals surface area (Å²) in [4.78, 5) is 22.3. The Hall–Kier alpha value is -2.81. The van der Waals surface area contributed by atoms with Crippen LogP contribution in [0.25, 0.3) is 10.9 Å². The molecule has 1 N–H and O–H groups in total. The minimum Gasteiger partial charge on any atom is -0.333 e. The summed E-state index contributed by atoms with van der Waals surface area (Å²) in [5.74, 6) is 0.139. The molecule has 3 aromatic rings. The number of amides is 1. The molecule has 2 heterocycles. The van der Waals surface area contributed by atoms with Gasteiger partial charge < -0.3 is 9.80 Å². The lowest BCUT2D eigenvalue weighted by atomic mass is 9.85. The molecule has 1 saturated carbocycles. The predicted molar refractivity (Wildman–Crippen MR) is 136 cm³/mol. The average molecular weight is 493 g/mol. The van der Waals surface area contributed by atoms with Gasteiger partial charge in [0.2, 0.25) is 15.9 Å². The molecule has 1 saturated heterocycles. The van der Waals surface area contributed by atoms with Crippen molar-refractivity contribution in [3.63, 3.8) is 0 Å². The molecule has 2 fully saturated rings. The molecule has 0 radical (unpaired) electrons. The fourth-order valence-corrected chi connectivity index (χ4v) is 6.61. The molecular formula is C27H32N4O3S. The van der Waals surface area contributed by atoms with E-state index in [-0.39, 0.29) is 28.8 Å². The molecule has 2 aromatic carbocycles. The second kappa shape index (κ2) is 10.0. The van der Waals surface area contributed by atoms with Gasteiger partial charge in [0.25, 0.3) is 0 Å². The largest absolute Gasteiger partial charge is 0.333 e. The normalized spacial score (nSPS) is 23.9. The van der Waals surface area contributed by atoms with E-state index in [0.717, 1.165) is 36.1 Å². The predicted octanol–water partition coefficient (Wildman–Crippen LogP) is 3.59. The molecule has 1 aliphatic carbocycles. The quantitative estimate of drug-likeness (QED) is 0.589. The summed E-state index contributed by atoms with van der Waals surface area (Å²) in [6.45, 7) is 2.41. The lowest BCUT2D eigenvalue weighted by Gasteiger charge is -2.42. The Morgan fingerprint density at radius 3 is 2.46 bits per heavy atom. The molecule has 1 amide bonds. The second-order valence-corrected chi connectivity index (χ2v) is 11.5. The van der Waals surface area contributed by atoms with Gasteiger partial charge in [0.1, 0.15) is 4.90 Å². The summed E-state index contributed by atoms with van der Waals surface area (Å²) in [5.41, 5.74) is 1.93. The van der Waals surface area contributed by atoms with Crippen molar-refractivity contribution in [2.24, 2.45) is 5.92 Å². The molecule has 0 bridgehead atoms. The lowest BCUT2D eigenvalue weighted by molar-refractivity contribution is -0.141. The van der Waals surface area contributed by atoms with Crippen LogP contribution in [0.2, 0.25) is 0 Å². The maximum atomic E-state index is 13.5. The summed E-state index contributed by atoms with van der Waals surface area (Å²) >= 11 is 0. The molecule has 1 unspecified atom stereocenters. The molecule has 2 aliphatic rings. The van der Waals surface area contributed by atoms with Gasteiger partial charge in [0, 0.05) is 43.2 Å². The van der Waals surface area contributed by atoms with Gasteiger partial charge in [-0.3, -0.25) is 9.78 Å². The van der Waals surface area contributed by atoms with Crippen LogP contribution in [0.4, 0.5) is 0 Å². The van der Waals surface area contributed by atoms with Crippen molar-refractivity contribution in [1.29, 1.82) is 0 Å². The molecule has 8 heteroatoms. The van der Waals surface area contributed by atoms with Crippen LogP contribution in [-0.4, -0.2) is 61.8 Å². The number of piperazine rings is 1. The van der Waals surface area contributed by atoms with Gasteiger partial charge in [-0.2, -0.15) is 0 Å². The fourth-order valence-electron chi connectivity index (χ4n) is 5.32. The van der Waals surface area contributed by atoms with Crippen molar-refractivity contribution in [2.75, 3.05) is 26.7 Å². The summed E-state index contributed by atoms with van der Waals surface area (Å²) in [6.07, 6.45) is 4.10. The van der Waals surface area contributed by atoms with E-state index in [1.54, 1.807) is 6.07 Å². The van der Waals surface area contributed by atoms with Crippen molar-refractivity contribution in [3.05, 3.63) is 72.4 Å². The van der Waals surface area contributed by atoms with Gasteiger partial charge in [-0.05, 0) is 50.4 Å². The van der Waals surface area contributed by atoms with Crippen molar-refractivity contribution >= 4 is 26.8 Å². The zero-order valence-corrected chi connectivity index (χ0v) is 20.8. The van der Waals surface area contributed by atoms with Crippen LogP contribution in [0.3, 0.4) is 0 Å². The first kappa shape index (κ1) is 23.9. The third kappa shape index (κ3) is 5.24. The Kier molecular flexibility index (Phi) is 6.86. The Morgan fingerprint density at radius 2 is 1.69 bits per heavy atom. The number of benzene rings is 2. The molecule has 184 valence electrons. The van der Waals surface area contributed by atoms with Crippen LogP contribution >= 0.6 is 0 Å². The number of carbonyl (C=O) groups is 1. The number of aromatic nitrogens is 1. The van der Waals surface area contributed by atoms with E-state index in [1.807, 2.05) is 47.4 Å². The topological polar surface area (TPSA) is 82.6 Å². The van der Waals surface area contributed by atoms with Gasteiger partial charge in [0.15, 0.2) is 0 Å². The first-order valence-corrected chi connectivity index (χ1v) is 13.8. The van der Waals surface area contributed by atoms with Gasteiger partial charge in [-0.25, -0.2) is 13.1 Å². The van der Waals surface area contributed by atoms with Crippen LogP contribution in [0.15, 0.2) is 71.8 Å². The van der Waals surface area contributed by atoms with E-state index < -0.39 is 10.0 Å². The second-order valence-electron chi connectivity index (χ2n) is 9.75. The molecule has 35 heavy (non-hydrogen) atoms. The van der Waals surface area contributed by atoms with E-state index in [2.05, 4.69) is 33.8 Å². The van der Waals surface area contributed by atoms with E-state index in [4.69, 9.17) is 0 Å². The van der Waals surface area contributed by atoms with E-state index in [1.165, 1.54) is 6.20 Å². The summed E-state index contributed by atoms with van der Waals surface area (Å²) in [5, 5.41) is 0.796. The maximum absolute atomic E-state index is 13.5. The number of hydrogen-bond donors (Lipinski definition) is 1. The number of carbonyl (C=O) groups excluding carboxylic acids is 1. The number of fused-ring (bicyclic) bond motifs is 1. The number of hydrogen-bond acceptors (Lipinski definition) is 5. The minimum atomic E-state index is -3.67. The third-order valence-electron chi connectivity index (χ3n) is 7.32. The minimum absolute atomic E-state index is 0.0547. The molecule has 1 aromatic heterocycles. The van der Waals surface area contributed by atoms with Crippen molar-refractivity contribution < 1.29 is 13.2 Å². The van der Waals surface area contributed by atoms with E-state index >= 15 is 0 Å². The maximum Gasteiger partial charge on any atom is 0.242 e.